The SMILES string of the molecule is COc1ccc(OCc2ccccc2)c(C=C2N=C(c3ccccc3Cl)OC2=O)c1. The Balaban J connectivity index is 1.66. The third kappa shape index (κ3) is 4.36. The Kier molecular flexibility index (Phi) is 5.82. The second-order valence-corrected chi connectivity index (χ2v) is 6.90. The van der Waals surface area contributed by atoms with Gasteiger partial charge in [0.2, 0.25) is 5.90 Å². The first-order valence-corrected chi connectivity index (χ1v) is 9.64. The zero-order chi connectivity index (χ0) is 20.9. The van der Waals surface area contributed by atoms with Crippen LogP contribution in [0.2, 0.25) is 5.02 Å². The molecule has 0 spiro atoms. The average molecular weight is 420 g/mol. The maximum absolute atomic E-state index is 12.4. The summed E-state index contributed by atoms with van der Waals surface area (Å²) in [6, 6.07) is 22.3. The molecule has 0 fully saturated rings. The standard InChI is InChI=1S/C24H18ClNO4/c1-28-18-11-12-22(29-15-16-7-3-2-4-8-16)17(13-18)14-21-24(27)30-23(26-21)19-9-5-6-10-20(19)25/h2-14H,15H2,1H3. The molecule has 4 rings (SSSR count). The number of hydrogen-bond acceptors (Lipinski definition) is 5. The van der Waals surface area contributed by atoms with Crippen molar-refractivity contribution in [1.82, 2.24) is 0 Å². The predicted octanol–water partition coefficient (Wildman–Crippen LogP) is 5.27. The molecule has 0 saturated carbocycles. The van der Waals surface area contributed by atoms with Crippen LogP contribution >= 0.6 is 11.6 Å². The fourth-order valence-corrected chi connectivity index (χ4v) is 3.16. The summed E-state index contributed by atoms with van der Waals surface area (Å²) in [7, 11) is 1.58. The lowest BCUT2D eigenvalue weighted by Crippen LogP contribution is -2.05. The van der Waals surface area contributed by atoms with Gasteiger partial charge in [0.25, 0.3) is 0 Å². The van der Waals surface area contributed by atoms with Gasteiger partial charge in [0.05, 0.1) is 17.7 Å². The molecule has 3 aromatic rings. The Morgan fingerprint density at radius 2 is 1.80 bits per heavy atom. The van der Waals surface area contributed by atoms with E-state index in [0.717, 1.165) is 5.56 Å². The minimum Gasteiger partial charge on any atom is -0.497 e. The summed E-state index contributed by atoms with van der Waals surface area (Å²) in [5.74, 6) is 0.852. The van der Waals surface area contributed by atoms with Gasteiger partial charge in [-0.25, -0.2) is 9.79 Å². The predicted molar refractivity (Wildman–Crippen MR) is 116 cm³/mol. The van der Waals surface area contributed by atoms with Gasteiger partial charge in [-0.15, -0.1) is 0 Å². The second kappa shape index (κ2) is 8.84. The quantitative estimate of drug-likeness (QED) is 0.403. The summed E-state index contributed by atoms with van der Waals surface area (Å²) in [6.07, 6.45) is 1.62. The molecule has 0 aliphatic carbocycles. The van der Waals surface area contributed by atoms with Gasteiger partial charge < -0.3 is 14.2 Å². The number of carbonyl (C=O) groups is 1. The number of esters is 1. The van der Waals surface area contributed by atoms with Crippen molar-refractivity contribution in [3.63, 3.8) is 0 Å². The van der Waals surface area contributed by atoms with Gasteiger partial charge in [0.15, 0.2) is 5.70 Å². The first-order valence-electron chi connectivity index (χ1n) is 9.26. The molecule has 150 valence electrons. The molecule has 1 heterocycles. The normalized spacial score (nSPS) is 14.4. The molecule has 0 N–H and O–H groups in total. The van der Waals surface area contributed by atoms with Gasteiger partial charge in [-0.3, -0.25) is 0 Å². The number of nitrogens with zero attached hydrogens (tertiary/aromatic N) is 1. The highest BCUT2D eigenvalue weighted by molar-refractivity contribution is 6.34. The molecule has 0 radical (unpaired) electrons. The molecular formula is C24H18ClNO4. The van der Waals surface area contributed by atoms with E-state index in [1.165, 1.54) is 0 Å². The van der Waals surface area contributed by atoms with Crippen LogP contribution in [0.5, 0.6) is 11.5 Å². The highest BCUT2D eigenvalue weighted by Crippen LogP contribution is 2.30. The fourth-order valence-electron chi connectivity index (χ4n) is 2.94. The first-order chi connectivity index (χ1) is 14.6. The lowest BCUT2D eigenvalue weighted by atomic mass is 10.1. The zero-order valence-corrected chi connectivity index (χ0v) is 16.9. The van der Waals surface area contributed by atoms with E-state index >= 15 is 0 Å². The number of hydrogen-bond donors (Lipinski definition) is 0. The highest BCUT2D eigenvalue weighted by Gasteiger charge is 2.26. The Bertz CT molecular complexity index is 1140. The summed E-state index contributed by atoms with van der Waals surface area (Å²) in [5.41, 5.74) is 2.40. The summed E-state index contributed by atoms with van der Waals surface area (Å²) in [6.45, 7) is 0.391. The average Bonchev–Trinajstić information content (AvgIpc) is 3.13. The van der Waals surface area contributed by atoms with Crippen LogP contribution in [0.15, 0.2) is 83.5 Å². The second-order valence-electron chi connectivity index (χ2n) is 6.49. The van der Waals surface area contributed by atoms with E-state index in [1.807, 2.05) is 30.3 Å². The van der Waals surface area contributed by atoms with E-state index in [9.17, 15) is 4.79 Å². The molecule has 30 heavy (non-hydrogen) atoms. The lowest BCUT2D eigenvalue weighted by Gasteiger charge is -2.11. The molecule has 5 nitrogen and oxygen atoms in total. The number of methoxy groups -OCH3 is 1. The molecule has 1 aliphatic heterocycles. The van der Waals surface area contributed by atoms with Gasteiger partial charge in [0.1, 0.15) is 18.1 Å². The number of carbonyl (C=O) groups excluding carboxylic acids is 1. The molecule has 0 amide bonds. The lowest BCUT2D eigenvalue weighted by molar-refractivity contribution is -0.129. The van der Waals surface area contributed by atoms with Crippen LogP contribution in [-0.2, 0) is 16.1 Å². The van der Waals surface area contributed by atoms with Gasteiger partial charge in [-0.05, 0) is 42.0 Å². The van der Waals surface area contributed by atoms with E-state index in [0.29, 0.717) is 34.3 Å². The molecule has 0 bridgehead atoms. The Hall–Kier alpha value is -3.57. The van der Waals surface area contributed by atoms with Crippen LogP contribution < -0.4 is 9.47 Å². The number of rotatable bonds is 6. The van der Waals surface area contributed by atoms with Crippen molar-refractivity contribution in [3.8, 4) is 11.5 Å². The van der Waals surface area contributed by atoms with Crippen LogP contribution in [0, 0.1) is 0 Å². The largest absolute Gasteiger partial charge is 0.497 e. The van der Waals surface area contributed by atoms with Crippen molar-refractivity contribution in [2.24, 2.45) is 4.99 Å². The monoisotopic (exact) mass is 419 g/mol. The summed E-state index contributed by atoms with van der Waals surface area (Å²) in [4.78, 5) is 16.7. The highest BCUT2D eigenvalue weighted by atomic mass is 35.5. The van der Waals surface area contributed by atoms with Crippen LogP contribution in [0.25, 0.3) is 6.08 Å². The van der Waals surface area contributed by atoms with E-state index in [1.54, 1.807) is 55.7 Å². The number of ether oxygens (including phenoxy) is 3. The minimum absolute atomic E-state index is 0.155. The van der Waals surface area contributed by atoms with Gasteiger partial charge >= 0.3 is 5.97 Å². The van der Waals surface area contributed by atoms with Gasteiger partial charge in [-0.2, -0.15) is 0 Å². The van der Waals surface area contributed by atoms with Crippen molar-refractivity contribution < 1.29 is 19.0 Å². The molecule has 0 atom stereocenters. The third-order valence-corrected chi connectivity index (χ3v) is 4.80. The number of halogens is 1. The third-order valence-electron chi connectivity index (χ3n) is 4.47. The van der Waals surface area contributed by atoms with Crippen molar-refractivity contribution in [1.29, 1.82) is 0 Å². The van der Waals surface area contributed by atoms with E-state index in [-0.39, 0.29) is 11.6 Å². The van der Waals surface area contributed by atoms with Crippen LogP contribution in [0.1, 0.15) is 16.7 Å². The van der Waals surface area contributed by atoms with Crippen LogP contribution in [0.4, 0.5) is 0 Å². The van der Waals surface area contributed by atoms with E-state index < -0.39 is 5.97 Å². The van der Waals surface area contributed by atoms with Crippen molar-refractivity contribution >= 4 is 29.5 Å². The van der Waals surface area contributed by atoms with Crippen molar-refractivity contribution in [2.75, 3.05) is 7.11 Å². The maximum atomic E-state index is 12.4. The zero-order valence-electron chi connectivity index (χ0n) is 16.2. The molecular weight excluding hydrogens is 402 g/mol. The van der Waals surface area contributed by atoms with E-state index in [4.69, 9.17) is 25.8 Å². The molecule has 0 saturated heterocycles. The molecule has 0 unspecified atom stereocenters. The Labute approximate surface area is 179 Å². The molecule has 0 aromatic heterocycles. The van der Waals surface area contributed by atoms with Crippen molar-refractivity contribution in [2.45, 2.75) is 6.61 Å². The summed E-state index contributed by atoms with van der Waals surface area (Å²) in [5, 5.41) is 0.457. The summed E-state index contributed by atoms with van der Waals surface area (Å²) < 4.78 is 16.6. The van der Waals surface area contributed by atoms with Crippen molar-refractivity contribution in [3.05, 3.63) is 100 Å². The molecule has 6 heteroatoms. The number of aliphatic imine (C=N–C) groups is 1. The topological polar surface area (TPSA) is 57.1 Å². The number of benzene rings is 3. The van der Waals surface area contributed by atoms with E-state index in [2.05, 4.69) is 4.99 Å². The fraction of sp³-hybridized carbons (Fsp3) is 0.0833. The minimum atomic E-state index is -0.554. The van der Waals surface area contributed by atoms with Crippen LogP contribution in [0.3, 0.4) is 0 Å². The van der Waals surface area contributed by atoms with Gasteiger partial charge in [0, 0.05) is 5.56 Å². The molecule has 1 aliphatic rings. The molecule has 3 aromatic carbocycles. The Morgan fingerprint density at radius 1 is 1.03 bits per heavy atom. The smallest absolute Gasteiger partial charge is 0.363 e. The number of cyclic esters (lactones) is 1. The maximum Gasteiger partial charge on any atom is 0.363 e. The van der Waals surface area contributed by atoms with Crippen LogP contribution in [-0.4, -0.2) is 19.0 Å². The Morgan fingerprint density at radius 3 is 2.57 bits per heavy atom. The first kappa shape index (κ1) is 19.7. The summed E-state index contributed by atoms with van der Waals surface area (Å²) >= 11 is 6.20. The van der Waals surface area contributed by atoms with Gasteiger partial charge in [-0.1, -0.05) is 54.1 Å².